The van der Waals surface area contributed by atoms with Crippen molar-refractivity contribution >= 4 is 17.9 Å². The zero-order valence-corrected chi connectivity index (χ0v) is 43.9. The van der Waals surface area contributed by atoms with E-state index in [1.54, 1.807) is 0 Å². The van der Waals surface area contributed by atoms with E-state index in [0.29, 0.717) is 19.3 Å². The summed E-state index contributed by atoms with van der Waals surface area (Å²) in [7, 11) is 0. The smallest absolute Gasteiger partial charge is 0.306 e. The van der Waals surface area contributed by atoms with Crippen molar-refractivity contribution in [3.63, 3.8) is 0 Å². The van der Waals surface area contributed by atoms with Gasteiger partial charge in [-0.15, -0.1) is 0 Å². The molecule has 0 aromatic heterocycles. The predicted octanol–water partition coefficient (Wildman–Crippen LogP) is 18.8. The van der Waals surface area contributed by atoms with E-state index in [2.05, 4.69) is 106 Å². The molecule has 0 aliphatic rings. The Morgan fingerprint density at radius 1 is 0.313 bits per heavy atom. The first-order chi connectivity index (χ1) is 33.0. The summed E-state index contributed by atoms with van der Waals surface area (Å²) in [6, 6.07) is 0. The second kappa shape index (κ2) is 55.2. The molecule has 0 radical (unpaired) electrons. The summed E-state index contributed by atoms with van der Waals surface area (Å²) >= 11 is 0. The first-order valence-corrected chi connectivity index (χ1v) is 28.1. The minimum atomic E-state index is -0.811. The average Bonchev–Trinajstić information content (AvgIpc) is 3.33. The largest absolute Gasteiger partial charge is 0.462 e. The van der Waals surface area contributed by atoms with Crippen LogP contribution in [0.5, 0.6) is 0 Å². The van der Waals surface area contributed by atoms with Gasteiger partial charge < -0.3 is 14.2 Å². The normalized spacial score (nSPS) is 12.7. The van der Waals surface area contributed by atoms with Gasteiger partial charge in [-0.2, -0.15) is 0 Å². The van der Waals surface area contributed by atoms with Gasteiger partial charge in [0.2, 0.25) is 0 Å². The van der Waals surface area contributed by atoms with Gasteiger partial charge in [-0.3, -0.25) is 14.4 Å². The molecule has 0 aliphatic carbocycles. The molecule has 0 amide bonds. The van der Waals surface area contributed by atoms with Gasteiger partial charge in [-0.25, -0.2) is 0 Å². The molecule has 6 nitrogen and oxygen atoms in total. The molecule has 0 aromatic carbocycles. The lowest BCUT2D eigenvalue weighted by Gasteiger charge is -2.18. The first-order valence-electron chi connectivity index (χ1n) is 28.1. The van der Waals surface area contributed by atoms with Gasteiger partial charge in [0.05, 0.1) is 0 Å². The second-order valence-electron chi connectivity index (χ2n) is 18.5. The van der Waals surface area contributed by atoms with E-state index in [1.807, 2.05) is 0 Å². The van der Waals surface area contributed by atoms with E-state index in [-0.39, 0.29) is 37.5 Å². The number of rotatable bonds is 50. The van der Waals surface area contributed by atoms with E-state index in [4.69, 9.17) is 14.2 Å². The molecule has 0 fully saturated rings. The van der Waals surface area contributed by atoms with Crippen molar-refractivity contribution in [2.45, 2.75) is 271 Å². The van der Waals surface area contributed by atoms with Crippen LogP contribution in [0.3, 0.4) is 0 Å². The number of ether oxygens (including phenoxy) is 3. The third-order valence-corrected chi connectivity index (χ3v) is 11.9. The molecule has 384 valence electrons. The zero-order chi connectivity index (χ0) is 48.6. The molecule has 0 spiro atoms. The Balaban J connectivity index is 4.46. The maximum Gasteiger partial charge on any atom is 0.306 e. The summed E-state index contributed by atoms with van der Waals surface area (Å²) in [5.74, 6) is -0.970. The summed E-state index contributed by atoms with van der Waals surface area (Å²) in [6.07, 6.45) is 71.5. The number of hydrogen-bond acceptors (Lipinski definition) is 6. The van der Waals surface area contributed by atoms with Crippen LogP contribution in [0.25, 0.3) is 0 Å². The summed E-state index contributed by atoms with van der Waals surface area (Å²) in [5, 5.41) is 0. The van der Waals surface area contributed by atoms with Gasteiger partial charge >= 0.3 is 17.9 Å². The Morgan fingerprint density at radius 2 is 0.612 bits per heavy atom. The molecule has 0 heterocycles. The van der Waals surface area contributed by atoms with Crippen molar-refractivity contribution in [3.05, 3.63) is 85.1 Å². The van der Waals surface area contributed by atoms with Gasteiger partial charge in [-0.1, -0.05) is 247 Å². The van der Waals surface area contributed by atoms with E-state index >= 15 is 0 Å². The molecular weight excluding hydrogens is 829 g/mol. The Hall–Kier alpha value is -3.41. The highest BCUT2D eigenvalue weighted by Gasteiger charge is 2.19. The van der Waals surface area contributed by atoms with Crippen LogP contribution >= 0.6 is 0 Å². The van der Waals surface area contributed by atoms with Gasteiger partial charge in [0.1, 0.15) is 13.2 Å². The monoisotopic (exact) mass is 933 g/mol. The molecule has 67 heavy (non-hydrogen) atoms. The van der Waals surface area contributed by atoms with Crippen molar-refractivity contribution in [1.82, 2.24) is 0 Å². The Kier molecular flexibility index (Phi) is 52.4. The summed E-state index contributed by atoms with van der Waals surface area (Å²) < 4.78 is 16.8. The van der Waals surface area contributed by atoms with Gasteiger partial charge in [0, 0.05) is 19.3 Å². The minimum absolute atomic E-state index is 0.102. The van der Waals surface area contributed by atoms with Crippen molar-refractivity contribution in [2.24, 2.45) is 0 Å². The lowest BCUT2D eigenvalue weighted by Crippen LogP contribution is -2.30. The Morgan fingerprint density at radius 3 is 1.00 bits per heavy atom. The fourth-order valence-corrected chi connectivity index (χ4v) is 7.67. The van der Waals surface area contributed by atoms with Crippen LogP contribution < -0.4 is 0 Å². The number of carbonyl (C=O) groups excluding carboxylic acids is 3. The fourth-order valence-electron chi connectivity index (χ4n) is 7.67. The molecule has 6 heteroatoms. The van der Waals surface area contributed by atoms with Crippen LogP contribution in [0.15, 0.2) is 85.1 Å². The van der Waals surface area contributed by atoms with E-state index < -0.39 is 6.10 Å². The number of esters is 3. The van der Waals surface area contributed by atoms with Crippen molar-refractivity contribution in [3.8, 4) is 0 Å². The van der Waals surface area contributed by atoms with Gasteiger partial charge in [-0.05, 0) is 83.5 Å². The molecule has 0 aromatic rings. The molecule has 1 atom stereocenters. The number of unbranched alkanes of at least 4 members (excludes halogenated alkanes) is 25. The molecule has 1 unspecified atom stereocenters. The molecule has 0 N–H and O–H groups in total. The maximum absolute atomic E-state index is 12.8. The SMILES string of the molecule is CC/C=C\C/C=C\C/C=C\C/C=C\C/C=C\CCCC(=O)OC(COC(=O)CCCCCCC/C=C\C/C=C\CCCC)COC(=O)CCCCCCCCCCCCCCCCCCCC. The van der Waals surface area contributed by atoms with Crippen LogP contribution in [-0.4, -0.2) is 37.2 Å². The van der Waals surface area contributed by atoms with Crippen molar-refractivity contribution in [2.75, 3.05) is 13.2 Å². The highest BCUT2D eigenvalue weighted by Crippen LogP contribution is 2.16. The van der Waals surface area contributed by atoms with Crippen molar-refractivity contribution < 1.29 is 28.6 Å². The topological polar surface area (TPSA) is 78.9 Å². The minimum Gasteiger partial charge on any atom is -0.462 e. The molecular formula is C61H104O6. The first kappa shape index (κ1) is 63.6. The average molecular weight is 933 g/mol. The third kappa shape index (κ3) is 53.4. The molecule has 0 aliphatic heterocycles. The van der Waals surface area contributed by atoms with Gasteiger partial charge in [0.25, 0.3) is 0 Å². The third-order valence-electron chi connectivity index (χ3n) is 11.9. The second-order valence-corrected chi connectivity index (χ2v) is 18.5. The Bertz CT molecular complexity index is 1300. The quantitative estimate of drug-likeness (QED) is 0.0262. The van der Waals surface area contributed by atoms with Crippen LogP contribution in [0.1, 0.15) is 265 Å². The van der Waals surface area contributed by atoms with E-state index in [1.165, 1.54) is 116 Å². The van der Waals surface area contributed by atoms with Crippen LogP contribution in [0, 0.1) is 0 Å². The zero-order valence-electron chi connectivity index (χ0n) is 43.9. The number of hydrogen-bond donors (Lipinski definition) is 0. The predicted molar refractivity (Wildman–Crippen MR) is 288 cm³/mol. The number of carbonyl (C=O) groups is 3. The van der Waals surface area contributed by atoms with Crippen LogP contribution in [0.4, 0.5) is 0 Å². The fraction of sp³-hybridized carbons (Fsp3) is 0.721. The maximum atomic E-state index is 12.8. The Labute approximate surface area is 414 Å². The summed E-state index contributed by atoms with van der Waals surface area (Å²) in [4.78, 5) is 38.1. The summed E-state index contributed by atoms with van der Waals surface area (Å²) in [6.45, 7) is 6.44. The van der Waals surface area contributed by atoms with Gasteiger partial charge in [0.15, 0.2) is 6.10 Å². The molecule has 0 rings (SSSR count). The molecule has 0 bridgehead atoms. The highest BCUT2D eigenvalue weighted by atomic mass is 16.6. The lowest BCUT2D eigenvalue weighted by molar-refractivity contribution is -0.167. The molecule has 0 saturated carbocycles. The van der Waals surface area contributed by atoms with Crippen LogP contribution in [-0.2, 0) is 28.6 Å². The number of allylic oxidation sites excluding steroid dienone is 14. The van der Waals surface area contributed by atoms with Crippen molar-refractivity contribution in [1.29, 1.82) is 0 Å². The van der Waals surface area contributed by atoms with E-state index in [0.717, 1.165) is 103 Å². The van der Waals surface area contributed by atoms with E-state index in [9.17, 15) is 14.4 Å². The summed E-state index contributed by atoms with van der Waals surface area (Å²) in [5.41, 5.74) is 0. The lowest BCUT2D eigenvalue weighted by atomic mass is 10.0. The van der Waals surface area contributed by atoms with Crippen LogP contribution in [0.2, 0.25) is 0 Å². The molecule has 0 saturated heterocycles. The standard InChI is InChI=1S/C61H104O6/c1-4-7-10-13-16-19-22-25-28-30-32-33-36-39-42-45-48-51-54-60(63)66-57-58(56-65-59(62)53-50-47-44-41-38-35-27-24-21-18-15-12-9-6-3)67-61(64)55-52-49-46-43-40-37-34-31-29-26-23-20-17-14-11-8-5-2/h8,11,15,17-18,20,24,26-27,29,34,37,43,46,58H,4-7,9-10,12-14,16,19,21-23,25,28,30-33,35-36,38-42,44-45,47-57H2,1-3H3/b11-8-,18-15-,20-17-,27-24-,29-26-,37-34-,46-43-. The highest BCUT2D eigenvalue weighted by molar-refractivity contribution is 5.71.